The zero-order valence-electron chi connectivity index (χ0n) is 10.4. The first-order chi connectivity index (χ1) is 8.13. The normalized spacial score (nSPS) is 16.9. The van der Waals surface area contributed by atoms with Crippen molar-refractivity contribution in [1.29, 1.82) is 0 Å². The molecule has 1 aliphatic carbocycles. The van der Waals surface area contributed by atoms with Gasteiger partial charge in [-0.1, -0.05) is 0 Å². The maximum Gasteiger partial charge on any atom is 0.234 e. The lowest BCUT2D eigenvalue weighted by Crippen LogP contribution is -2.24. The van der Waals surface area contributed by atoms with E-state index in [4.69, 9.17) is 10.5 Å². The molecule has 94 valence electrons. The van der Waals surface area contributed by atoms with Crippen LogP contribution in [0.15, 0.2) is 12.4 Å². The van der Waals surface area contributed by atoms with Crippen LogP contribution in [0.1, 0.15) is 26.7 Å². The van der Waals surface area contributed by atoms with Gasteiger partial charge in [0.05, 0.1) is 18.5 Å². The average Bonchev–Trinajstić information content (AvgIpc) is 3.07. The van der Waals surface area contributed by atoms with Gasteiger partial charge in [-0.3, -0.25) is 4.98 Å². The van der Waals surface area contributed by atoms with Gasteiger partial charge in [0.25, 0.3) is 0 Å². The molecule has 1 fully saturated rings. The number of nitrogens with two attached hydrogens (primary N) is 1. The minimum absolute atomic E-state index is 0.110. The second-order valence-electron chi connectivity index (χ2n) is 4.97. The van der Waals surface area contributed by atoms with Gasteiger partial charge in [0.15, 0.2) is 0 Å². The van der Waals surface area contributed by atoms with Crippen LogP contribution in [-0.4, -0.2) is 29.2 Å². The molecule has 1 heterocycles. The van der Waals surface area contributed by atoms with E-state index in [1.54, 1.807) is 12.4 Å². The second kappa shape index (κ2) is 4.87. The Bertz CT molecular complexity index is 377. The standard InChI is InChI=1S/C12H20N4O/c1-9(2)17-11-6-14-5-10(16-11)15-8-12(7-13)3-4-12/h5-6,9H,3-4,7-8,13H2,1-2H3,(H,15,16). The summed E-state index contributed by atoms with van der Waals surface area (Å²) in [7, 11) is 0. The summed E-state index contributed by atoms with van der Waals surface area (Å²) in [5, 5.41) is 3.28. The van der Waals surface area contributed by atoms with Gasteiger partial charge in [-0.2, -0.15) is 4.98 Å². The Morgan fingerprint density at radius 2 is 2.24 bits per heavy atom. The fourth-order valence-corrected chi connectivity index (χ4v) is 1.64. The molecule has 2 rings (SSSR count). The molecule has 0 bridgehead atoms. The van der Waals surface area contributed by atoms with Crippen molar-refractivity contribution < 1.29 is 4.74 Å². The number of nitrogens with zero attached hydrogens (tertiary/aromatic N) is 2. The first-order valence-electron chi connectivity index (χ1n) is 6.06. The van der Waals surface area contributed by atoms with E-state index in [-0.39, 0.29) is 11.5 Å². The van der Waals surface area contributed by atoms with Crippen LogP contribution >= 0.6 is 0 Å². The van der Waals surface area contributed by atoms with E-state index in [0.29, 0.717) is 5.88 Å². The van der Waals surface area contributed by atoms with Gasteiger partial charge in [-0.05, 0) is 38.6 Å². The predicted molar refractivity (Wildman–Crippen MR) is 67.0 cm³/mol. The topological polar surface area (TPSA) is 73.1 Å². The van der Waals surface area contributed by atoms with Crippen molar-refractivity contribution in [2.45, 2.75) is 32.8 Å². The molecule has 5 heteroatoms. The lowest BCUT2D eigenvalue weighted by atomic mass is 10.1. The zero-order chi connectivity index (χ0) is 12.3. The van der Waals surface area contributed by atoms with Gasteiger partial charge in [0, 0.05) is 6.54 Å². The minimum Gasteiger partial charge on any atom is -0.474 e. The predicted octanol–water partition coefficient (Wildman–Crippen LogP) is 1.41. The molecular weight excluding hydrogens is 216 g/mol. The smallest absolute Gasteiger partial charge is 0.234 e. The molecule has 0 saturated heterocycles. The van der Waals surface area contributed by atoms with Crippen molar-refractivity contribution in [3.8, 4) is 5.88 Å². The van der Waals surface area contributed by atoms with Gasteiger partial charge in [-0.15, -0.1) is 0 Å². The van der Waals surface area contributed by atoms with Crippen molar-refractivity contribution in [1.82, 2.24) is 9.97 Å². The Balaban J connectivity index is 1.92. The highest BCUT2D eigenvalue weighted by molar-refractivity contribution is 5.34. The van der Waals surface area contributed by atoms with E-state index < -0.39 is 0 Å². The van der Waals surface area contributed by atoms with E-state index in [9.17, 15) is 0 Å². The summed E-state index contributed by atoms with van der Waals surface area (Å²) < 4.78 is 5.49. The number of hydrogen-bond acceptors (Lipinski definition) is 5. The van der Waals surface area contributed by atoms with E-state index in [0.717, 1.165) is 18.9 Å². The molecule has 1 saturated carbocycles. The molecule has 5 nitrogen and oxygen atoms in total. The highest BCUT2D eigenvalue weighted by Crippen LogP contribution is 2.44. The summed E-state index contributed by atoms with van der Waals surface area (Å²) in [6, 6.07) is 0. The van der Waals surface area contributed by atoms with Crippen LogP contribution in [0.25, 0.3) is 0 Å². The van der Waals surface area contributed by atoms with Crippen LogP contribution in [0.5, 0.6) is 5.88 Å². The van der Waals surface area contributed by atoms with Crippen molar-refractivity contribution in [3.05, 3.63) is 12.4 Å². The molecule has 1 aliphatic rings. The zero-order valence-corrected chi connectivity index (χ0v) is 10.4. The Morgan fingerprint density at radius 1 is 1.47 bits per heavy atom. The van der Waals surface area contributed by atoms with Crippen LogP contribution in [0, 0.1) is 5.41 Å². The van der Waals surface area contributed by atoms with Crippen LogP contribution in [0.4, 0.5) is 5.82 Å². The summed E-state index contributed by atoms with van der Waals surface area (Å²) in [6.45, 7) is 5.53. The van der Waals surface area contributed by atoms with E-state index >= 15 is 0 Å². The molecule has 0 aliphatic heterocycles. The van der Waals surface area contributed by atoms with Crippen LogP contribution < -0.4 is 15.8 Å². The lowest BCUT2D eigenvalue weighted by Gasteiger charge is -2.14. The summed E-state index contributed by atoms with van der Waals surface area (Å²) in [4.78, 5) is 8.44. The Labute approximate surface area is 102 Å². The molecule has 0 amide bonds. The Kier molecular flexibility index (Phi) is 3.47. The largest absolute Gasteiger partial charge is 0.474 e. The van der Waals surface area contributed by atoms with Crippen LogP contribution in [-0.2, 0) is 0 Å². The molecular formula is C12H20N4O. The summed E-state index contributed by atoms with van der Waals surface area (Å²) >= 11 is 0. The molecule has 1 aromatic heterocycles. The molecule has 0 radical (unpaired) electrons. The fraction of sp³-hybridized carbons (Fsp3) is 0.667. The van der Waals surface area contributed by atoms with Crippen molar-refractivity contribution in [2.75, 3.05) is 18.4 Å². The lowest BCUT2D eigenvalue weighted by molar-refractivity contribution is 0.232. The van der Waals surface area contributed by atoms with Crippen molar-refractivity contribution in [2.24, 2.45) is 11.1 Å². The SMILES string of the molecule is CC(C)Oc1cncc(NCC2(CN)CC2)n1. The maximum atomic E-state index is 5.73. The molecule has 0 unspecified atom stereocenters. The molecule has 1 aromatic rings. The Hall–Kier alpha value is -1.36. The highest BCUT2D eigenvalue weighted by Gasteiger charge is 2.40. The number of hydrogen-bond donors (Lipinski definition) is 2. The highest BCUT2D eigenvalue weighted by atomic mass is 16.5. The van der Waals surface area contributed by atoms with Crippen LogP contribution in [0.2, 0.25) is 0 Å². The second-order valence-corrected chi connectivity index (χ2v) is 4.97. The van der Waals surface area contributed by atoms with Gasteiger partial charge in [0.2, 0.25) is 5.88 Å². The third kappa shape index (κ3) is 3.30. The number of ether oxygens (including phenoxy) is 1. The third-order valence-corrected chi connectivity index (χ3v) is 3.00. The molecule has 0 spiro atoms. The molecule has 0 atom stereocenters. The fourth-order valence-electron chi connectivity index (χ4n) is 1.64. The first-order valence-corrected chi connectivity index (χ1v) is 6.06. The molecule has 17 heavy (non-hydrogen) atoms. The van der Waals surface area contributed by atoms with Gasteiger partial charge in [0.1, 0.15) is 5.82 Å². The van der Waals surface area contributed by atoms with Crippen molar-refractivity contribution >= 4 is 5.82 Å². The maximum absolute atomic E-state index is 5.73. The van der Waals surface area contributed by atoms with Gasteiger partial charge < -0.3 is 15.8 Å². The number of aromatic nitrogens is 2. The first kappa shape index (κ1) is 12.1. The Morgan fingerprint density at radius 3 is 2.82 bits per heavy atom. The molecule has 0 aromatic carbocycles. The van der Waals surface area contributed by atoms with E-state index in [1.165, 1.54) is 12.8 Å². The minimum atomic E-state index is 0.110. The number of rotatable bonds is 6. The number of nitrogens with one attached hydrogen (secondary N) is 1. The summed E-state index contributed by atoms with van der Waals surface area (Å²) in [5.74, 6) is 1.31. The van der Waals surface area contributed by atoms with Gasteiger partial charge in [-0.25, -0.2) is 0 Å². The average molecular weight is 236 g/mol. The van der Waals surface area contributed by atoms with Crippen LogP contribution in [0.3, 0.4) is 0 Å². The molecule has 3 N–H and O–H groups in total. The monoisotopic (exact) mass is 236 g/mol. The quantitative estimate of drug-likeness (QED) is 0.781. The summed E-state index contributed by atoms with van der Waals surface area (Å²) in [6.07, 6.45) is 5.84. The van der Waals surface area contributed by atoms with Crippen molar-refractivity contribution in [3.63, 3.8) is 0 Å². The summed E-state index contributed by atoms with van der Waals surface area (Å²) in [5.41, 5.74) is 6.02. The van der Waals surface area contributed by atoms with E-state index in [1.807, 2.05) is 13.8 Å². The third-order valence-electron chi connectivity index (χ3n) is 3.00. The van der Waals surface area contributed by atoms with E-state index in [2.05, 4.69) is 15.3 Å². The van der Waals surface area contributed by atoms with Gasteiger partial charge >= 0.3 is 0 Å². The number of anilines is 1.